The van der Waals surface area contributed by atoms with Gasteiger partial charge in [0.2, 0.25) is 0 Å². The standard InChI is InChI=1S/C26H34N2O2/c1-30-25-19-11-10-18-24(25)27-23-17-9-8-16-22(23)26(29)28(20-12-4-2-5-13-20)21-14-6-3-7-15-21/h8-11,16-21,27H,2-7,12-15H2,1H3. The minimum atomic E-state index is 0.187. The van der Waals surface area contributed by atoms with E-state index in [0.717, 1.165) is 48.4 Å². The lowest BCUT2D eigenvalue weighted by Crippen LogP contribution is -2.48. The molecule has 2 aromatic carbocycles. The van der Waals surface area contributed by atoms with Gasteiger partial charge in [-0.25, -0.2) is 0 Å². The molecule has 0 spiro atoms. The van der Waals surface area contributed by atoms with Gasteiger partial charge in [0.15, 0.2) is 0 Å². The molecule has 160 valence electrons. The van der Waals surface area contributed by atoms with Gasteiger partial charge in [-0.2, -0.15) is 0 Å². The van der Waals surface area contributed by atoms with E-state index in [4.69, 9.17) is 4.74 Å². The fourth-order valence-corrected chi connectivity index (χ4v) is 5.16. The molecule has 2 fully saturated rings. The Labute approximate surface area is 180 Å². The van der Waals surface area contributed by atoms with Gasteiger partial charge in [-0.05, 0) is 49.9 Å². The van der Waals surface area contributed by atoms with Crippen molar-refractivity contribution < 1.29 is 9.53 Å². The van der Waals surface area contributed by atoms with Crippen LogP contribution < -0.4 is 10.1 Å². The molecule has 1 amide bonds. The van der Waals surface area contributed by atoms with Crippen molar-refractivity contribution in [2.24, 2.45) is 0 Å². The van der Waals surface area contributed by atoms with E-state index in [9.17, 15) is 4.79 Å². The van der Waals surface area contributed by atoms with E-state index in [1.54, 1.807) is 7.11 Å². The van der Waals surface area contributed by atoms with Crippen LogP contribution in [0.1, 0.15) is 74.6 Å². The second-order valence-electron chi connectivity index (χ2n) is 8.67. The van der Waals surface area contributed by atoms with Gasteiger partial charge in [0.05, 0.1) is 24.0 Å². The first kappa shape index (κ1) is 20.8. The summed E-state index contributed by atoms with van der Waals surface area (Å²) in [6.45, 7) is 0. The summed E-state index contributed by atoms with van der Waals surface area (Å²) in [6.07, 6.45) is 12.1. The summed E-state index contributed by atoms with van der Waals surface area (Å²) in [5.41, 5.74) is 2.49. The summed E-state index contributed by atoms with van der Waals surface area (Å²) in [6, 6.07) is 16.5. The van der Waals surface area contributed by atoms with Crippen LogP contribution in [0.3, 0.4) is 0 Å². The molecule has 2 aromatic rings. The van der Waals surface area contributed by atoms with Gasteiger partial charge < -0.3 is 15.0 Å². The number of hydrogen-bond acceptors (Lipinski definition) is 3. The SMILES string of the molecule is COc1ccccc1Nc1ccccc1C(=O)N(C1CCCCC1)C1CCCCC1. The zero-order valence-corrected chi connectivity index (χ0v) is 18.1. The zero-order valence-electron chi connectivity index (χ0n) is 18.1. The van der Waals surface area contributed by atoms with Crippen LogP contribution in [0.2, 0.25) is 0 Å². The van der Waals surface area contributed by atoms with Crippen LogP contribution in [0.25, 0.3) is 0 Å². The lowest BCUT2D eigenvalue weighted by Gasteiger charge is -2.42. The second kappa shape index (κ2) is 10.0. The molecule has 0 bridgehead atoms. The lowest BCUT2D eigenvalue weighted by molar-refractivity contribution is 0.0449. The van der Waals surface area contributed by atoms with Crippen molar-refractivity contribution in [3.05, 3.63) is 54.1 Å². The number of para-hydroxylation sites is 3. The summed E-state index contributed by atoms with van der Waals surface area (Å²) in [5, 5.41) is 3.46. The topological polar surface area (TPSA) is 41.6 Å². The van der Waals surface area contributed by atoms with Gasteiger partial charge in [0, 0.05) is 12.1 Å². The fraction of sp³-hybridized carbons (Fsp3) is 0.500. The molecule has 30 heavy (non-hydrogen) atoms. The van der Waals surface area contributed by atoms with Crippen molar-refractivity contribution in [1.29, 1.82) is 0 Å². The Morgan fingerprint density at radius 2 is 1.33 bits per heavy atom. The van der Waals surface area contributed by atoms with E-state index in [-0.39, 0.29) is 5.91 Å². The quantitative estimate of drug-likeness (QED) is 0.592. The molecule has 0 unspecified atom stereocenters. The van der Waals surface area contributed by atoms with Gasteiger partial charge in [0.1, 0.15) is 5.75 Å². The molecule has 0 atom stereocenters. The molecule has 0 aliphatic heterocycles. The molecule has 1 N–H and O–H groups in total. The Kier molecular flexibility index (Phi) is 6.93. The number of hydrogen-bond donors (Lipinski definition) is 1. The number of benzene rings is 2. The minimum Gasteiger partial charge on any atom is -0.495 e. The van der Waals surface area contributed by atoms with Crippen LogP contribution in [-0.2, 0) is 0 Å². The molecule has 2 aliphatic carbocycles. The van der Waals surface area contributed by atoms with Crippen molar-refractivity contribution in [1.82, 2.24) is 4.90 Å². The number of amides is 1. The number of carbonyl (C=O) groups excluding carboxylic acids is 1. The largest absolute Gasteiger partial charge is 0.495 e. The Morgan fingerprint density at radius 3 is 1.93 bits per heavy atom. The molecule has 4 rings (SSSR count). The number of methoxy groups -OCH3 is 1. The molecule has 4 heteroatoms. The highest BCUT2D eigenvalue weighted by Gasteiger charge is 2.33. The maximum Gasteiger partial charge on any atom is 0.256 e. The molecular weight excluding hydrogens is 372 g/mol. The van der Waals surface area contributed by atoms with Crippen LogP contribution in [0.4, 0.5) is 11.4 Å². The normalized spacial score (nSPS) is 18.0. The average molecular weight is 407 g/mol. The molecular formula is C26H34N2O2. The highest BCUT2D eigenvalue weighted by atomic mass is 16.5. The third kappa shape index (κ3) is 4.63. The molecule has 0 aromatic heterocycles. The van der Waals surface area contributed by atoms with Crippen LogP contribution in [0, 0.1) is 0 Å². The van der Waals surface area contributed by atoms with E-state index in [1.165, 1.54) is 38.5 Å². The zero-order chi connectivity index (χ0) is 20.8. The summed E-state index contributed by atoms with van der Waals surface area (Å²) < 4.78 is 5.50. The maximum absolute atomic E-state index is 14.0. The Morgan fingerprint density at radius 1 is 0.800 bits per heavy atom. The van der Waals surface area contributed by atoms with Crippen molar-refractivity contribution in [2.75, 3.05) is 12.4 Å². The van der Waals surface area contributed by atoms with E-state index in [2.05, 4.69) is 10.2 Å². The predicted molar refractivity (Wildman–Crippen MR) is 123 cm³/mol. The number of nitrogens with zero attached hydrogens (tertiary/aromatic N) is 1. The first-order valence-electron chi connectivity index (χ1n) is 11.6. The molecule has 0 radical (unpaired) electrons. The highest BCUT2D eigenvalue weighted by molar-refractivity contribution is 6.00. The molecule has 0 heterocycles. The number of nitrogens with one attached hydrogen (secondary N) is 1. The molecule has 4 nitrogen and oxygen atoms in total. The van der Waals surface area contributed by atoms with Crippen molar-refractivity contribution >= 4 is 17.3 Å². The maximum atomic E-state index is 14.0. The van der Waals surface area contributed by atoms with Crippen LogP contribution in [-0.4, -0.2) is 30.0 Å². The van der Waals surface area contributed by atoms with E-state index in [0.29, 0.717) is 12.1 Å². The Balaban J connectivity index is 1.64. The second-order valence-corrected chi connectivity index (χ2v) is 8.67. The summed E-state index contributed by atoms with van der Waals surface area (Å²) in [5.74, 6) is 0.961. The van der Waals surface area contributed by atoms with Gasteiger partial charge in [-0.15, -0.1) is 0 Å². The van der Waals surface area contributed by atoms with Gasteiger partial charge >= 0.3 is 0 Å². The van der Waals surface area contributed by atoms with E-state index < -0.39 is 0 Å². The summed E-state index contributed by atoms with van der Waals surface area (Å²) in [7, 11) is 1.67. The summed E-state index contributed by atoms with van der Waals surface area (Å²) >= 11 is 0. The molecule has 0 saturated heterocycles. The fourth-order valence-electron chi connectivity index (χ4n) is 5.16. The van der Waals surface area contributed by atoms with E-state index in [1.807, 2.05) is 48.5 Å². The Hall–Kier alpha value is -2.49. The predicted octanol–water partition coefficient (Wildman–Crippen LogP) is 6.55. The summed E-state index contributed by atoms with van der Waals surface area (Å²) in [4.78, 5) is 16.2. The number of carbonyl (C=O) groups is 1. The first-order valence-corrected chi connectivity index (χ1v) is 11.6. The third-order valence-electron chi connectivity index (χ3n) is 6.70. The lowest BCUT2D eigenvalue weighted by atomic mass is 9.88. The monoisotopic (exact) mass is 406 g/mol. The Bertz CT molecular complexity index is 820. The van der Waals surface area contributed by atoms with Gasteiger partial charge in [0.25, 0.3) is 5.91 Å². The highest BCUT2D eigenvalue weighted by Crippen LogP contribution is 2.34. The van der Waals surface area contributed by atoms with Crippen LogP contribution in [0.15, 0.2) is 48.5 Å². The smallest absolute Gasteiger partial charge is 0.256 e. The van der Waals surface area contributed by atoms with Crippen molar-refractivity contribution in [3.63, 3.8) is 0 Å². The van der Waals surface area contributed by atoms with Crippen molar-refractivity contribution in [2.45, 2.75) is 76.3 Å². The molecule has 2 saturated carbocycles. The van der Waals surface area contributed by atoms with Gasteiger partial charge in [-0.3, -0.25) is 4.79 Å². The molecule has 2 aliphatic rings. The van der Waals surface area contributed by atoms with Gasteiger partial charge in [-0.1, -0.05) is 62.8 Å². The van der Waals surface area contributed by atoms with E-state index >= 15 is 0 Å². The number of ether oxygens (including phenoxy) is 1. The van der Waals surface area contributed by atoms with Crippen molar-refractivity contribution in [3.8, 4) is 5.75 Å². The number of anilines is 2. The van der Waals surface area contributed by atoms with Crippen LogP contribution in [0.5, 0.6) is 5.75 Å². The number of rotatable bonds is 6. The van der Waals surface area contributed by atoms with Crippen LogP contribution >= 0.6 is 0 Å². The first-order chi connectivity index (χ1) is 14.8. The minimum absolute atomic E-state index is 0.187. The average Bonchev–Trinajstić information content (AvgIpc) is 2.81. The third-order valence-corrected chi connectivity index (χ3v) is 6.70.